The first kappa shape index (κ1) is 10.6. The fourth-order valence-electron chi connectivity index (χ4n) is 1.12. The summed E-state index contributed by atoms with van der Waals surface area (Å²) in [6.45, 7) is 0. The molecule has 2 aromatic rings. The van der Waals surface area contributed by atoms with Crippen molar-refractivity contribution in [2.45, 2.75) is 11.6 Å². The second-order valence-corrected chi connectivity index (χ2v) is 3.83. The minimum atomic E-state index is 0.311. The van der Waals surface area contributed by atoms with E-state index < -0.39 is 0 Å². The van der Waals surface area contributed by atoms with Crippen LogP contribution >= 0.6 is 11.8 Å². The van der Waals surface area contributed by atoms with Gasteiger partial charge in [0.25, 0.3) is 5.22 Å². The molecule has 0 amide bonds. The van der Waals surface area contributed by atoms with Crippen LogP contribution in [0.2, 0.25) is 0 Å². The van der Waals surface area contributed by atoms with Gasteiger partial charge in [0, 0.05) is 11.9 Å². The Morgan fingerprint density at radius 2 is 2.31 bits per heavy atom. The second-order valence-electron chi connectivity index (χ2n) is 2.91. The van der Waals surface area contributed by atoms with Crippen molar-refractivity contribution in [1.82, 2.24) is 15.2 Å². The van der Waals surface area contributed by atoms with Gasteiger partial charge in [-0.2, -0.15) is 5.26 Å². The van der Waals surface area contributed by atoms with Crippen molar-refractivity contribution in [2.24, 2.45) is 0 Å². The summed E-state index contributed by atoms with van der Waals surface area (Å²) in [5.74, 6) is 0.824. The van der Waals surface area contributed by atoms with E-state index in [1.165, 1.54) is 11.8 Å². The second kappa shape index (κ2) is 5.28. The standard InChI is InChI=1S/C10H8N4OS/c11-4-6-16-10-14-13-9(15-10)7-8-3-1-2-5-12-8/h1-3,5H,6-7H2. The van der Waals surface area contributed by atoms with Crippen molar-refractivity contribution in [3.05, 3.63) is 36.0 Å². The number of rotatable bonds is 4. The summed E-state index contributed by atoms with van der Waals surface area (Å²) in [6, 6.07) is 7.65. The third-order valence-electron chi connectivity index (χ3n) is 1.77. The molecule has 0 bridgehead atoms. The quantitative estimate of drug-likeness (QED) is 0.746. The van der Waals surface area contributed by atoms with Gasteiger partial charge >= 0.3 is 0 Å². The average Bonchev–Trinajstić information content (AvgIpc) is 2.75. The van der Waals surface area contributed by atoms with Crippen molar-refractivity contribution >= 4 is 11.8 Å². The molecule has 2 aromatic heterocycles. The van der Waals surface area contributed by atoms with Crippen LogP contribution in [0.3, 0.4) is 0 Å². The summed E-state index contributed by atoms with van der Waals surface area (Å²) in [5.41, 5.74) is 0.878. The van der Waals surface area contributed by atoms with Gasteiger partial charge in [-0.25, -0.2) is 0 Å². The molecule has 6 heteroatoms. The molecule has 0 aliphatic rings. The van der Waals surface area contributed by atoms with Gasteiger partial charge in [-0.1, -0.05) is 17.8 Å². The largest absolute Gasteiger partial charge is 0.416 e. The Kier molecular flexibility index (Phi) is 3.51. The molecule has 0 radical (unpaired) electrons. The fourth-order valence-corrected chi connectivity index (χ4v) is 1.56. The van der Waals surface area contributed by atoms with Crippen molar-refractivity contribution in [1.29, 1.82) is 5.26 Å². The van der Waals surface area contributed by atoms with Crippen LogP contribution in [-0.2, 0) is 6.42 Å². The van der Waals surface area contributed by atoms with E-state index >= 15 is 0 Å². The molecular weight excluding hydrogens is 224 g/mol. The van der Waals surface area contributed by atoms with Crippen LogP contribution in [0.4, 0.5) is 0 Å². The van der Waals surface area contributed by atoms with Gasteiger partial charge in [0.05, 0.1) is 18.2 Å². The normalized spacial score (nSPS) is 9.94. The summed E-state index contributed by atoms with van der Waals surface area (Å²) in [6.07, 6.45) is 2.23. The highest BCUT2D eigenvalue weighted by Crippen LogP contribution is 2.16. The van der Waals surface area contributed by atoms with Gasteiger partial charge in [-0.15, -0.1) is 10.2 Å². The first-order valence-electron chi connectivity index (χ1n) is 4.60. The molecule has 16 heavy (non-hydrogen) atoms. The molecule has 0 aliphatic carbocycles. The third-order valence-corrected chi connectivity index (χ3v) is 2.45. The SMILES string of the molecule is N#CCSc1nnc(Cc2ccccn2)o1. The van der Waals surface area contributed by atoms with Gasteiger partial charge in [-0.3, -0.25) is 4.98 Å². The predicted molar refractivity (Wildman–Crippen MR) is 57.7 cm³/mol. The van der Waals surface area contributed by atoms with Gasteiger partial charge in [0.2, 0.25) is 5.89 Å². The molecule has 0 spiro atoms. The van der Waals surface area contributed by atoms with Gasteiger partial charge in [-0.05, 0) is 12.1 Å². The van der Waals surface area contributed by atoms with Gasteiger partial charge in [0.15, 0.2) is 0 Å². The van der Waals surface area contributed by atoms with E-state index in [4.69, 9.17) is 9.68 Å². The van der Waals surface area contributed by atoms with Crippen molar-refractivity contribution in [2.75, 3.05) is 5.75 Å². The molecule has 0 atom stereocenters. The van der Waals surface area contributed by atoms with E-state index in [1.807, 2.05) is 24.3 Å². The van der Waals surface area contributed by atoms with Crippen LogP contribution in [0.25, 0.3) is 0 Å². The topological polar surface area (TPSA) is 75.6 Å². The molecule has 0 aliphatic heterocycles. The molecule has 5 nitrogen and oxygen atoms in total. The lowest BCUT2D eigenvalue weighted by Crippen LogP contribution is -1.90. The highest BCUT2D eigenvalue weighted by Gasteiger charge is 2.07. The lowest BCUT2D eigenvalue weighted by atomic mass is 10.3. The summed E-state index contributed by atoms with van der Waals surface area (Å²) in [5, 5.41) is 16.5. The molecule has 0 aromatic carbocycles. The number of hydrogen-bond acceptors (Lipinski definition) is 6. The minimum Gasteiger partial charge on any atom is -0.416 e. The van der Waals surface area contributed by atoms with E-state index in [1.54, 1.807) is 6.20 Å². The molecule has 80 valence electrons. The van der Waals surface area contributed by atoms with Gasteiger partial charge in [0.1, 0.15) is 0 Å². The van der Waals surface area contributed by atoms with Crippen molar-refractivity contribution in [3.8, 4) is 6.07 Å². The summed E-state index contributed by atoms with van der Waals surface area (Å²) < 4.78 is 5.34. The molecule has 0 saturated carbocycles. The van der Waals surface area contributed by atoms with Crippen LogP contribution in [0.5, 0.6) is 0 Å². The number of thioether (sulfide) groups is 1. The number of hydrogen-bond donors (Lipinski definition) is 0. The summed E-state index contributed by atoms with van der Waals surface area (Å²) >= 11 is 1.23. The first-order valence-corrected chi connectivity index (χ1v) is 5.59. The molecule has 0 saturated heterocycles. The van der Waals surface area contributed by atoms with E-state index in [9.17, 15) is 0 Å². The van der Waals surface area contributed by atoms with E-state index in [-0.39, 0.29) is 0 Å². The zero-order chi connectivity index (χ0) is 11.2. The zero-order valence-corrected chi connectivity index (χ0v) is 9.15. The highest BCUT2D eigenvalue weighted by molar-refractivity contribution is 7.99. The molecule has 0 unspecified atom stereocenters. The Labute approximate surface area is 96.5 Å². The Bertz CT molecular complexity index is 491. The Morgan fingerprint density at radius 1 is 1.38 bits per heavy atom. The molecule has 2 rings (SSSR count). The maximum absolute atomic E-state index is 8.40. The predicted octanol–water partition coefficient (Wildman–Crippen LogP) is 1.67. The monoisotopic (exact) mass is 232 g/mol. The average molecular weight is 232 g/mol. The highest BCUT2D eigenvalue weighted by atomic mass is 32.2. The van der Waals surface area contributed by atoms with Crippen LogP contribution in [0, 0.1) is 11.3 Å². The third kappa shape index (κ3) is 2.81. The zero-order valence-electron chi connectivity index (χ0n) is 8.33. The van der Waals surface area contributed by atoms with Gasteiger partial charge < -0.3 is 4.42 Å². The van der Waals surface area contributed by atoms with Crippen molar-refractivity contribution < 1.29 is 4.42 Å². The van der Waals surface area contributed by atoms with Crippen LogP contribution in [0.1, 0.15) is 11.6 Å². The van der Waals surface area contributed by atoms with Crippen LogP contribution in [0.15, 0.2) is 34.0 Å². The minimum absolute atomic E-state index is 0.311. The van der Waals surface area contributed by atoms with Crippen LogP contribution < -0.4 is 0 Å². The molecule has 0 N–H and O–H groups in total. The van der Waals surface area contributed by atoms with E-state index in [0.29, 0.717) is 23.3 Å². The molecule has 0 fully saturated rings. The summed E-state index contributed by atoms with van der Waals surface area (Å²) in [4.78, 5) is 4.16. The summed E-state index contributed by atoms with van der Waals surface area (Å²) in [7, 11) is 0. The lowest BCUT2D eigenvalue weighted by Gasteiger charge is -1.93. The Morgan fingerprint density at radius 3 is 3.06 bits per heavy atom. The fraction of sp³-hybridized carbons (Fsp3) is 0.200. The maximum atomic E-state index is 8.40. The van der Waals surface area contributed by atoms with Crippen molar-refractivity contribution in [3.63, 3.8) is 0 Å². The number of pyridine rings is 1. The maximum Gasteiger partial charge on any atom is 0.277 e. The molecular formula is C10H8N4OS. The van der Waals surface area contributed by atoms with Crippen LogP contribution in [-0.4, -0.2) is 20.9 Å². The number of nitrogens with zero attached hydrogens (tertiary/aromatic N) is 4. The number of nitriles is 1. The Hall–Kier alpha value is -1.87. The molecule has 2 heterocycles. The van der Waals surface area contributed by atoms with E-state index in [0.717, 1.165) is 5.69 Å². The lowest BCUT2D eigenvalue weighted by molar-refractivity contribution is 0.419. The van der Waals surface area contributed by atoms with E-state index in [2.05, 4.69) is 15.2 Å². The Balaban J connectivity index is 2.01. The number of aromatic nitrogens is 3. The first-order chi connectivity index (χ1) is 7.88. The smallest absolute Gasteiger partial charge is 0.277 e.